The van der Waals surface area contributed by atoms with E-state index in [1.54, 1.807) is 19.0 Å². The van der Waals surface area contributed by atoms with Gasteiger partial charge in [0.2, 0.25) is 5.91 Å². The Balaban J connectivity index is 2.83. The molecule has 27 heavy (non-hydrogen) atoms. The van der Waals surface area contributed by atoms with Crippen molar-refractivity contribution in [3.8, 4) is 0 Å². The highest BCUT2D eigenvalue weighted by Crippen LogP contribution is 2.08. The number of likely N-dealkylation sites (N-methyl/N-ethyl adjacent to an activating group) is 1. The molecule has 0 saturated heterocycles. The van der Waals surface area contributed by atoms with Crippen LogP contribution in [0.3, 0.4) is 0 Å². The number of unbranched alkanes of at least 4 members (excludes halogenated alkanes) is 1. The fourth-order valence-corrected chi connectivity index (χ4v) is 2.75. The molecule has 3 amide bonds. The molecule has 0 heterocycles. The molecule has 0 unspecified atom stereocenters. The second-order valence-corrected chi connectivity index (χ2v) is 7.52. The van der Waals surface area contributed by atoms with Crippen molar-refractivity contribution in [2.24, 2.45) is 5.92 Å². The maximum Gasteiger partial charge on any atom is 0.318 e. The Hall–Kier alpha value is -2.08. The number of nitrogens with one attached hydrogen (secondary N) is 1. The Bertz CT molecular complexity index is 561. The summed E-state index contributed by atoms with van der Waals surface area (Å²) in [5.41, 5.74) is 1.01. The average Bonchev–Trinajstić information content (AvgIpc) is 2.63. The highest BCUT2D eigenvalue weighted by atomic mass is 16.3. The predicted octanol–water partition coefficient (Wildman–Crippen LogP) is 2.52. The van der Waals surface area contributed by atoms with Crippen LogP contribution < -0.4 is 5.32 Å². The molecule has 0 bridgehead atoms. The highest BCUT2D eigenvalue weighted by molar-refractivity contribution is 5.87. The summed E-state index contributed by atoms with van der Waals surface area (Å²) in [6.45, 7) is 5.58. The summed E-state index contributed by atoms with van der Waals surface area (Å²) in [4.78, 5) is 28.7. The van der Waals surface area contributed by atoms with Crippen LogP contribution in [0, 0.1) is 5.92 Å². The van der Waals surface area contributed by atoms with E-state index in [1.807, 2.05) is 30.3 Å². The van der Waals surface area contributed by atoms with Crippen LogP contribution in [0.4, 0.5) is 4.79 Å². The van der Waals surface area contributed by atoms with Crippen LogP contribution in [-0.2, 0) is 11.2 Å². The topological polar surface area (TPSA) is 72.9 Å². The van der Waals surface area contributed by atoms with Gasteiger partial charge in [-0.1, -0.05) is 44.2 Å². The molecule has 0 aliphatic carbocycles. The van der Waals surface area contributed by atoms with Gasteiger partial charge in [-0.05, 0) is 30.7 Å². The van der Waals surface area contributed by atoms with Gasteiger partial charge in [0.1, 0.15) is 6.04 Å². The molecule has 0 spiro atoms. The number of urea groups is 1. The number of nitrogens with zero attached hydrogens (tertiary/aromatic N) is 2. The minimum atomic E-state index is -0.603. The lowest BCUT2D eigenvalue weighted by Gasteiger charge is -2.28. The SMILES string of the molecule is CC(C)CCN(CCCCO)C(=O)N[C@@H](Cc1ccccc1)C(=O)N(C)C. The zero-order valence-corrected chi connectivity index (χ0v) is 17.1. The van der Waals surface area contributed by atoms with Gasteiger partial charge in [-0.15, -0.1) is 0 Å². The number of rotatable bonds is 11. The zero-order valence-electron chi connectivity index (χ0n) is 17.1. The van der Waals surface area contributed by atoms with Crippen molar-refractivity contribution < 1.29 is 14.7 Å². The third-order valence-electron chi connectivity index (χ3n) is 4.42. The van der Waals surface area contributed by atoms with Gasteiger partial charge in [-0.2, -0.15) is 0 Å². The van der Waals surface area contributed by atoms with E-state index in [4.69, 9.17) is 5.11 Å². The minimum absolute atomic E-state index is 0.119. The zero-order chi connectivity index (χ0) is 20.2. The van der Waals surface area contributed by atoms with Gasteiger partial charge in [-0.3, -0.25) is 4.79 Å². The highest BCUT2D eigenvalue weighted by Gasteiger charge is 2.25. The summed E-state index contributed by atoms with van der Waals surface area (Å²) in [5.74, 6) is 0.369. The lowest BCUT2D eigenvalue weighted by Crippen LogP contribution is -2.52. The molecule has 6 nitrogen and oxygen atoms in total. The standard InChI is InChI=1S/C21H35N3O3/c1-17(2)12-14-24(13-8-9-15-25)21(27)22-19(20(26)23(3)4)16-18-10-6-5-7-11-18/h5-7,10-11,17,19,25H,8-9,12-16H2,1-4H3,(H,22,27)/t19-/m0/s1. The Morgan fingerprint density at radius 2 is 1.74 bits per heavy atom. The van der Waals surface area contributed by atoms with Crippen LogP contribution in [0.2, 0.25) is 0 Å². The molecule has 1 atom stereocenters. The number of carbonyl (C=O) groups is 2. The van der Waals surface area contributed by atoms with Gasteiger partial charge >= 0.3 is 6.03 Å². The van der Waals surface area contributed by atoms with E-state index in [-0.39, 0.29) is 18.5 Å². The minimum Gasteiger partial charge on any atom is -0.396 e. The van der Waals surface area contributed by atoms with Crippen LogP contribution in [0.1, 0.15) is 38.7 Å². The van der Waals surface area contributed by atoms with Crippen LogP contribution >= 0.6 is 0 Å². The van der Waals surface area contributed by atoms with E-state index in [1.165, 1.54) is 4.90 Å². The molecule has 0 radical (unpaired) electrons. The van der Waals surface area contributed by atoms with Gasteiger partial charge < -0.3 is 20.2 Å². The van der Waals surface area contributed by atoms with Gasteiger partial charge in [0.05, 0.1) is 0 Å². The van der Waals surface area contributed by atoms with Gasteiger partial charge in [0.25, 0.3) is 0 Å². The molecule has 0 aromatic heterocycles. The van der Waals surface area contributed by atoms with Crippen molar-refractivity contribution >= 4 is 11.9 Å². The molecule has 6 heteroatoms. The summed E-state index contributed by atoms with van der Waals surface area (Å²) in [6.07, 6.45) is 2.76. The molecule has 152 valence electrons. The van der Waals surface area contributed by atoms with E-state index >= 15 is 0 Å². The number of aliphatic hydroxyl groups excluding tert-OH is 1. The summed E-state index contributed by atoms with van der Waals surface area (Å²) in [6, 6.07) is 8.88. The van der Waals surface area contributed by atoms with Crippen LogP contribution in [0.5, 0.6) is 0 Å². The smallest absolute Gasteiger partial charge is 0.318 e. The molecule has 1 rings (SSSR count). The fraction of sp³-hybridized carbons (Fsp3) is 0.619. The predicted molar refractivity (Wildman–Crippen MR) is 109 cm³/mol. The van der Waals surface area contributed by atoms with E-state index in [0.29, 0.717) is 31.8 Å². The molecule has 1 aromatic carbocycles. The van der Waals surface area contributed by atoms with E-state index in [0.717, 1.165) is 18.4 Å². The van der Waals surface area contributed by atoms with Crippen LogP contribution in [0.15, 0.2) is 30.3 Å². The number of benzene rings is 1. The lowest BCUT2D eigenvalue weighted by molar-refractivity contribution is -0.130. The largest absolute Gasteiger partial charge is 0.396 e. The number of aliphatic hydroxyl groups is 1. The van der Waals surface area contributed by atoms with Crippen LogP contribution in [-0.4, -0.2) is 66.7 Å². The van der Waals surface area contributed by atoms with Crippen molar-refractivity contribution in [1.82, 2.24) is 15.1 Å². The third-order valence-corrected chi connectivity index (χ3v) is 4.42. The van der Waals surface area contributed by atoms with E-state index in [9.17, 15) is 9.59 Å². The first-order valence-corrected chi connectivity index (χ1v) is 9.76. The molecular formula is C21H35N3O3. The molecule has 2 N–H and O–H groups in total. The van der Waals surface area contributed by atoms with E-state index < -0.39 is 6.04 Å². The molecule has 1 aromatic rings. The van der Waals surface area contributed by atoms with Gasteiger partial charge in [0, 0.05) is 40.2 Å². The molecular weight excluding hydrogens is 342 g/mol. The van der Waals surface area contributed by atoms with Crippen molar-refractivity contribution in [3.05, 3.63) is 35.9 Å². The van der Waals surface area contributed by atoms with Gasteiger partial charge in [-0.25, -0.2) is 4.79 Å². The molecule has 0 fully saturated rings. The molecule has 0 aliphatic rings. The quantitative estimate of drug-likeness (QED) is 0.582. The monoisotopic (exact) mass is 377 g/mol. The summed E-state index contributed by atoms with van der Waals surface area (Å²) < 4.78 is 0. The normalized spacial score (nSPS) is 11.9. The van der Waals surface area contributed by atoms with Gasteiger partial charge in [0.15, 0.2) is 0 Å². The summed E-state index contributed by atoms with van der Waals surface area (Å²) in [5, 5.41) is 11.9. The maximum atomic E-state index is 12.9. The first-order valence-electron chi connectivity index (χ1n) is 9.76. The first-order chi connectivity index (χ1) is 12.8. The molecule has 0 aliphatic heterocycles. The maximum absolute atomic E-state index is 12.9. The molecule has 0 saturated carbocycles. The number of amides is 3. The van der Waals surface area contributed by atoms with Crippen molar-refractivity contribution in [1.29, 1.82) is 0 Å². The number of hydrogen-bond acceptors (Lipinski definition) is 3. The third kappa shape index (κ3) is 8.91. The Labute approximate surface area is 163 Å². The van der Waals surface area contributed by atoms with Crippen LogP contribution in [0.25, 0.3) is 0 Å². The average molecular weight is 378 g/mol. The Kier molecular flexibility index (Phi) is 10.5. The summed E-state index contributed by atoms with van der Waals surface area (Å²) in [7, 11) is 3.40. The number of hydrogen-bond donors (Lipinski definition) is 2. The second kappa shape index (κ2) is 12.3. The second-order valence-electron chi connectivity index (χ2n) is 7.52. The van der Waals surface area contributed by atoms with E-state index in [2.05, 4.69) is 19.2 Å². The number of carbonyl (C=O) groups excluding carboxylic acids is 2. The Morgan fingerprint density at radius 1 is 1.07 bits per heavy atom. The lowest BCUT2D eigenvalue weighted by atomic mass is 10.1. The first kappa shape index (κ1) is 23.0. The fourth-order valence-electron chi connectivity index (χ4n) is 2.75. The summed E-state index contributed by atoms with van der Waals surface area (Å²) >= 11 is 0. The Morgan fingerprint density at radius 3 is 2.30 bits per heavy atom. The van der Waals surface area contributed by atoms with Crippen molar-refractivity contribution in [2.45, 2.75) is 45.6 Å². The van der Waals surface area contributed by atoms with Crippen molar-refractivity contribution in [3.63, 3.8) is 0 Å². The van der Waals surface area contributed by atoms with Crippen molar-refractivity contribution in [2.75, 3.05) is 33.8 Å².